The van der Waals surface area contributed by atoms with Crippen LogP contribution in [0.15, 0.2) is 35.5 Å². The number of carbonyl (C=O) groups is 4. The van der Waals surface area contributed by atoms with Crippen molar-refractivity contribution in [1.29, 1.82) is 0 Å². The molecule has 0 aliphatic carbocycles. The number of carboxylic acids is 1. The molecule has 4 unspecified atom stereocenters. The van der Waals surface area contributed by atoms with Crippen molar-refractivity contribution < 1.29 is 24.3 Å². The molecule has 2 rings (SSSR count). The van der Waals surface area contributed by atoms with Crippen LogP contribution in [-0.2, 0) is 25.6 Å². The maximum atomic E-state index is 13.3. The number of aromatic amines is 1. The molecule has 0 fully saturated rings. The minimum Gasteiger partial charge on any atom is -0.480 e. The van der Waals surface area contributed by atoms with E-state index in [2.05, 4.69) is 25.9 Å². The van der Waals surface area contributed by atoms with Gasteiger partial charge in [-0.3, -0.25) is 24.2 Å². The largest absolute Gasteiger partial charge is 0.480 e. The number of nitrogens with zero attached hydrogens (tertiary/aromatic N) is 1. The number of benzene rings is 1. The summed E-state index contributed by atoms with van der Waals surface area (Å²) in [6.45, 7) is 3.28. The van der Waals surface area contributed by atoms with Gasteiger partial charge in [-0.2, -0.15) is 0 Å². The zero-order chi connectivity index (χ0) is 28.2. The van der Waals surface area contributed by atoms with Crippen molar-refractivity contribution in [3.05, 3.63) is 36.0 Å². The number of aliphatic imine (C=N–C) groups is 1. The first-order chi connectivity index (χ1) is 18.0. The second kappa shape index (κ2) is 14.6. The number of amides is 3. The number of aromatic nitrogens is 1. The van der Waals surface area contributed by atoms with Gasteiger partial charge in [0.05, 0.1) is 6.04 Å². The van der Waals surface area contributed by atoms with Crippen molar-refractivity contribution in [3.63, 3.8) is 0 Å². The van der Waals surface area contributed by atoms with Gasteiger partial charge in [0.1, 0.15) is 18.6 Å². The Bertz CT molecular complexity index is 1140. The molecule has 13 heteroatoms. The Morgan fingerprint density at radius 3 is 2.45 bits per heavy atom. The summed E-state index contributed by atoms with van der Waals surface area (Å²) in [5, 5.41) is 17.5. The fraction of sp³-hybridized carbons (Fsp3) is 0.480. The first-order valence-corrected chi connectivity index (χ1v) is 12.5. The monoisotopic (exact) mass is 530 g/mol. The van der Waals surface area contributed by atoms with Crippen LogP contribution in [0.3, 0.4) is 0 Å². The fourth-order valence-corrected chi connectivity index (χ4v) is 3.91. The normalized spacial score (nSPS) is 14.1. The lowest BCUT2D eigenvalue weighted by atomic mass is 9.96. The molecule has 38 heavy (non-hydrogen) atoms. The second-order valence-electron chi connectivity index (χ2n) is 9.16. The number of carbonyl (C=O) groups excluding carboxylic acids is 3. The van der Waals surface area contributed by atoms with E-state index < -0.39 is 48.4 Å². The molecule has 0 radical (unpaired) electrons. The molecule has 0 spiro atoms. The van der Waals surface area contributed by atoms with Crippen LogP contribution >= 0.6 is 0 Å². The van der Waals surface area contributed by atoms with Gasteiger partial charge < -0.3 is 43.2 Å². The van der Waals surface area contributed by atoms with Gasteiger partial charge in [-0.15, -0.1) is 0 Å². The molecule has 0 saturated heterocycles. The van der Waals surface area contributed by atoms with Crippen LogP contribution in [0.25, 0.3) is 10.9 Å². The number of carboxylic acid groups (broad SMARTS) is 1. The van der Waals surface area contributed by atoms with E-state index in [1.54, 1.807) is 13.1 Å². The highest BCUT2D eigenvalue weighted by Gasteiger charge is 2.31. The van der Waals surface area contributed by atoms with E-state index in [0.717, 1.165) is 16.5 Å². The SMILES string of the molecule is CCC(C)C(NC(=O)C(N)Cc1c[nH]c2ccccc12)C(=O)NC(CCCN=C(N)N)C(=O)NCC(=O)O. The lowest BCUT2D eigenvalue weighted by molar-refractivity contribution is -0.138. The average molecular weight is 531 g/mol. The number of aliphatic carboxylic acids is 1. The Labute approximate surface area is 221 Å². The van der Waals surface area contributed by atoms with Gasteiger partial charge in [0.2, 0.25) is 17.7 Å². The molecule has 208 valence electrons. The minimum atomic E-state index is -1.22. The third kappa shape index (κ3) is 9.07. The molecule has 3 amide bonds. The first-order valence-electron chi connectivity index (χ1n) is 12.5. The van der Waals surface area contributed by atoms with Crippen LogP contribution in [0.4, 0.5) is 0 Å². The molecule has 1 aromatic carbocycles. The van der Waals surface area contributed by atoms with Crippen molar-refractivity contribution in [1.82, 2.24) is 20.9 Å². The lowest BCUT2D eigenvalue weighted by Crippen LogP contribution is -2.58. The summed E-state index contributed by atoms with van der Waals surface area (Å²) in [5.74, 6) is -3.36. The van der Waals surface area contributed by atoms with Crippen molar-refractivity contribution in [2.45, 2.75) is 57.7 Å². The number of hydrogen-bond donors (Lipinski definition) is 8. The number of hydrogen-bond acceptors (Lipinski definition) is 6. The average Bonchev–Trinajstić information content (AvgIpc) is 3.29. The molecular formula is C25H38N8O5. The van der Waals surface area contributed by atoms with Gasteiger partial charge in [0.15, 0.2) is 5.96 Å². The predicted octanol–water partition coefficient (Wildman–Crippen LogP) is -0.692. The van der Waals surface area contributed by atoms with Crippen LogP contribution in [0.5, 0.6) is 0 Å². The summed E-state index contributed by atoms with van der Waals surface area (Å²) in [6.07, 6.45) is 3.12. The van der Waals surface area contributed by atoms with Crippen LogP contribution < -0.4 is 33.2 Å². The number of rotatable bonds is 15. The van der Waals surface area contributed by atoms with E-state index in [4.69, 9.17) is 22.3 Å². The molecule has 0 aliphatic heterocycles. The summed E-state index contributed by atoms with van der Waals surface area (Å²) < 4.78 is 0. The highest BCUT2D eigenvalue weighted by molar-refractivity contribution is 5.94. The highest BCUT2D eigenvalue weighted by atomic mass is 16.4. The first kappa shape index (κ1) is 30.1. The molecule has 1 aromatic heterocycles. The minimum absolute atomic E-state index is 0.107. The smallest absolute Gasteiger partial charge is 0.322 e. The molecule has 4 atom stereocenters. The van der Waals surface area contributed by atoms with Crippen LogP contribution in [0, 0.1) is 5.92 Å². The van der Waals surface area contributed by atoms with Crippen LogP contribution in [0.2, 0.25) is 0 Å². The van der Waals surface area contributed by atoms with Crippen LogP contribution in [0.1, 0.15) is 38.7 Å². The number of fused-ring (bicyclic) bond motifs is 1. The zero-order valence-electron chi connectivity index (χ0n) is 21.7. The molecule has 0 saturated carbocycles. The van der Waals surface area contributed by atoms with Crippen molar-refractivity contribution in [2.75, 3.05) is 13.1 Å². The van der Waals surface area contributed by atoms with Gasteiger partial charge in [-0.25, -0.2) is 0 Å². The second-order valence-corrected chi connectivity index (χ2v) is 9.16. The van der Waals surface area contributed by atoms with Crippen LogP contribution in [-0.4, -0.2) is 71.0 Å². The molecule has 0 bridgehead atoms. The number of H-pyrrole nitrogens is 1. The van der Waals surface area contributed by atoms with E-state index in [0.29, 0.717) is 12.8 Å². The Morgan fingerprint density at radius 2 is 1.79 bits per heavy atom. The third-order valence-corrected chi connectivity index (χ3v) is 6.24. The van der Waals surface area contributed by atoms with Crippen molar-refractivity contribution >= 4 is 40.6 Å². The molecule has 1 heterocycles. The summed E-state index contributed by atoms with van der Waals surface area (Å²) >= 11 is 0. The van der Waals surface area contributed by atoms with Crippen molar-refractivity contribution in [2.24, 2.45) is 28.1 Å². The number of nitrogens with one attached hydrogen (secondary N) is 4. The Kier molecular flexibility index (Phi) is 11.5. The highest BCUT2D eigenvalue weighted by Crippen LogP contribution is 2.19. The summed E-state index contributed by atoms with van der Waals surface area (Å²) in [4.78, 5) is 56.7. The number of para-hydroxylation sites is 1. The summed E-state index contributed by atoms with van der Waals surface area (Å²) in [6, 6.07) is 4.73. The van der Waals surface area contributed by atoms with Gasteiger partial charge in [0, 0.05) is 23.6 Å². The molecule has 11 N–H and O–H groups in total. The van der Waals surface area contributed by atoms with Crippen molar-refractivity contribution in [3.8, 4) is 0 Å². The van der Waals surface area contributed by atoms with E-state index >= 15 is 0 Å². The van der Waals surface area contributed by atoms with E-state index in [1.807, 2.05) is 31.2 Å². The third-order valence-electron chi connectivity index (χ3n) is 6.24. The predicted molar refractivity (Wildman–Crippen MR) is 144 cm³/mol. The summed E-state index contributed by atoms with van der Waals surface area (Å²) in [7, 11) is 0. The van der Waals surface area contributed by atoms with Gasteiger partial charge in [-0.1, -0.05) is 38.5 Å². The quantitative estimate of drug-likeness (QED) is 0.0832. The fourth-order valence-electron chi connectivity index (χ4n) is 3.91. The van der Waals surface area contributed by atoms with E-state index in [-0.39, 0.29) is 31.3 Å². The molecule has 2 aromatic rings. The Hall–Kier alpha value is -4.13. The zero-order valence-corrected chi connectivity index (χ0v) is 21.7. The summed E-state index contributed by atoms with van der Waals surface area (Å²) in [5.41, 5.74) is 18.7. The van der Waals surface area contributed by atoms with Gasteiger partial charge in [0.25, 0.3) is 0 Å². The Balaban J connectivity index is 2.10. The molecule has 0 aliphatic rings. The molecular weight excluding hydrogens is 492 g/mol. The maximum Gasteiger partial charge on any atom is 0.322 e. The number of guanidine groups is 1. The van der Waals surface area contributed by atoms with Gasteiger partial charge >= 0.3 is 5.97 Å². The number of nitrogens with two attached hydrogens (primary N) is 3. The lowest BCUT2D eigenvalue weighted by Gasteiger charge is -2.27. The van der Waals surface area contributed by atoms with E-state index in [9.17, 15) is 19.2 Å². The topological polar surface area (TPSA) is 231 Å². The standard InChI is InChI=1S/C25H38N8O5/c1-3-14(2)21(33-22(36)17(26)11-15-12-30-18-8-5-4-7-16(15)18)24(38)32-19(9-6-10-29-25(27)28)23(37)31-13-20(34)35/h4-5,7-8,12,14,17,19,21,30H,3,6,9-11,13,26H2,1-2H3,(H,31,37)(H,32,38)(H,33,36)(H,34,35)(H4,27,28,29). The maximum absolute atomic E-state index is 13.3. The molecule has 13 nitrogen and oxygen atoms in total. The Morgan fingerprint density at radius 1 is 1.08 bits per heavy atom. The van der Waals surface area contributed by atoms with E-state index in [1.165, 1.54) is 0 Å². The van der Waals surface area contributed by atoms with Gasteiger partial charge in [-0.05, 0) is 36.8 Å².